The lowest BCUT2D eigenvalue weighted by Crippen LogP contribution is -2.45. The van der Waals surface area contributed by atoms with E-state index in [0.29, 0.717) is 23.9 Å². The Morgan fingerprint density at radius 1 is 1.28 bits per heavy atom. The number of alkyl halides is 3. The van der Waals surface area contributed by atoms with Crippen LogP contribution in [0.3, 0.4) is 0 Å². The standard InChI is InChI=1S/C16H17F3N4O2/c17-16(18,19)11-4-3-8-22(10-11)14(24)7-9-23-15(25)12-5-1-2-6-13(12)20-21-23/h1-2,5-6,11H,3-4,7-10H2. The maximum Gasteiger partial charge on any atom is 0.393 e. The van der Waals surface area contributed by atoms with Crippen molar-refractivity contribution in [3.63, 3.8) is 0 Å². The molecular formula is C16H17F3N4O2. The number of halogens is 3. The number of piperidine rings is 1. The Morgan fingerprint density at radius 2 is 2.04 bits per heavy atom. The van der Waals surface area contributed by atoms with Gasteiger partial charge in [-0.25, -0.2) is 4.68 Å². The van der Waals surface area contributed by atoms with Crippen molar-refractivity contribution in [1.82, 2.24) is 19.9 Å². The molecule has 0 N–H and O–H groups in total. The summed E-state index contributed by atoms with van der Waals surface area (Å²) in [6, 6.07) is 6.71. The highest BCUT2D eigenvalue weighted by Crippen LogP contribution is 2.33. The molecule has 9 heteroatoms. The van der Waals surface area contributed by atoms with Crippen molar-refractivity contribution in [3.05, 3.63) is 34.6 Å². The molecule has 1 saturated heterocycles. The molecule has 2 heterocycles. The molecule has 0 aliphatic carbocycles. The molecule has 0 saturated carbocycles. The molecule has 6 nitrogen and oxygen atoms in total. The van der Waals surface area contributed by atoms with E-state index in [0.717, 1.165) is 4.68 Å². The molecule has 1 amide bonds. The van der Waals surface area contributed by atoms with E-state index < -0.39 is 18.0 Å². The number of carbonyl (C=O) groups excluding carboxylic acids is 1. The number of hydrogen-bond donors (Lipinski definition) is 0. The second-order valence-corrected chi connectivity index (χ2v) is 6.11. The molecule has 1 atom stereocenters. The third-order valence-corrected chi connectivity index (χ3v) is 4.40. The van der Waals surface area contributed by atoms with Crippen molar-refractivity contribution in [2.75, 3.05) is 13.1 Å². The second kappa shape index (κ2) is 6.81. The van der Waals surface area contributed by atoms with Crippen LogP contribution in [0.5, 0.6) is 0 Å². The third kappa shape index (κ3) is 3.80. The van der Waals surface area contributed by atoms with Gasteiger partial charge in [-0.05, 0) is 25.0 Å². The summed E-state index contributed by atoms with van der Waals surface area (Å²) in [4.78, 5) is 25.7. The van der Waals surface area contributed by atoms with Gasteiger partial charge in [0.1, 0.15) is 5.52 Å². The first kappa shape index (κ1) is 17.4. The van der Waals surface area contributed by atoms with Crippen LogP contribution in [0, 0.1) is 5.92 Å². The first-order valence-corrected chi connectivity index (χ1v) is 8.03. The fraction of sp³-hybridized carbons (Fsp3) is 0.500. The monoisotopic (exact) mass is 354 g/mol. The normalized spacial score (nSPS) is 18.5. The van der Waals surface area contributed by atoms with Gasteiger partial charge >= 0.3 is 6.18 Å². The Balaban J connectivity index is 1.66. The summed E-state index contributed by atoms with van der Waals surface area (Å²) in [5.74, 6) is -1.89. The molecule has 2 aromatic rings. The molecule has 0 bridgehead atoms. The van der Waals surface area contributed by atoms with E-state index in [9.17, 15) is 22.8 Å². The van der Waals surface area contributed by atoms with Crippen LogP contribution in [0.4, 0.5) is 13.2 Å². The van der Waals surface area contributed by atoms with E-state index >= 15 is 0 Å². The Kier molecular flexibility index (Phi) is 4.73. The molecular weight excluding hydrogens is 337 g/mol. The highest BCUT2D eigenvalue weighted by atomic mass is 19.4. The van der Waals surface area contributed by atoms with Crippen molar-refractivity contribution in [2.45, 2.75) is 32.0 Å². The first-order chi connectivity index (χ1) is 11.9. The van der Waals surface area contributed by atoms with Gasteiger partial charge in [-0.3, -0.25) is 9.59 Å². The summed E-state index contributed by atoms with van der Waals surface area (Å²) >= 11 is 0. The lowest BCUT2D eigenvalue weighted by molar-refractivity contribution is -0.188. The predicted octanol–water partition coefficient (Wildman–Crippen LogP) is 1.98. The van der Waals surface area contributed by atoms with Crippen LogP contribution in [0.25, 0.3) is 10.9 Å². The summed E-state index contributed by atoms with van der Waals surface area (Å²) in [5.41, 5.74) is 0.0874. The number of benzene rings is 1. The molecule has 134 valence electrons. The molecule has 1 unspecified atom stereocenters. The van der Waals surface area contributed by atoms with Crippen LogP contribution in [0.15, 0.2) is 29.1 Å². The lowest BCUT2D eigenvalue weighted by atomic mass is 9.97. The number of aryl methyl sites for hydroxylation is 1. The van der Waals surface area contributed by atoms with Gasteiger partial charge in [-0.15, -0.1) is 5.10 Å². The summed E-state index contributed by atoms with van der Waals surface area (Å²) in [6.07, 6.45) is -4.01. The summed E-state index contributed by atoms with van der Waals surface area (Å²) < 4.78 is 39.6. The fourth-order valence-corrected chi connectivity index (χ4v) is 3.00. The van der Waals surface area contributed by atoms with Gasteiger partial charge in [0, 0.05) is 19.5 Å². The maximum atomic E-state index is 12.8. The average molecular weight is 354 g/mol. The largest absolute Gasteiger partial charge is 0.393 e. The Hall–Kier alpha value is -2.45. The summed E-state index contributed by atoms with van der Waals surface area (Å²) in [6.45, 7) is -0.0208. The number of fused-ring (bicyclic) bond motifs is 1. The van der Waals surface area contributed by atoms with Crippen molar-refractivity contribution < 1.29 is 18.0 Å². The van der Waals surface area contributed by atoms with Crippen LogP contribution < -0.4 is 5.56 Å². The van der Waals surface area contributed by atoms with E-state index in [2.05, 4.69) is 10.3 Å². The molecule has 0 spiro atoms. The van der Waals surface area contributed by atoms with Crippen LogP contribution in [0.2, 0.25) is 0 Å². The number of rotatable bonds is 3. The second-order valence-electron chi connectivity index (χ2n) is 6.11. The minimum atomic E-state index is -4.29. The van der Waals surface area contributed by atoms with Crippen molar-refractivity contribution in [3.8, 4) is 0 Å². The van der Waals surface area contributed by atoms with Crippen molar-refractivity contribution in [2.24, 2.45) is 5.92 Å². The average Bonchev–Trinajstić information content (AvgIpc) is 2.60. The zero-order valence-corrected chi connectivity index (χ0v) is 13.4. The number of hydrogen-bond acceptors (Lipinski definition) is 4. The van der Waals surface area contributed by atoms with E-state index in [4.69, 9.17) is 0 Å². The van der Waals surface area contributed by atoms with Gasteiger partial charge in [0.25, 0.3) is 5.56 Å². The molecule has 1 aromatic heterocycles. The van der Waals surface area contributed by atoms with Gasteiger partial charge in [-0.1, -0.05) is 17.3 Å². The third-order valence-electron chi connectivity index (χ3n) is 4.40. The van der Waals surface area contributed by atoms with Gasteiger partial charge in [0.2, 0.25) is 5.91 Å². The zero-order valence-electron chi connectivity index (χ0n) is 13.4. The smallest absolute Gasteiger partial charge is 0.342 e. The van der Waals surface area contributed by atoms with E-state index in [1.807, 2.05) is 0 Å². The molecule has 1 aliphatic rings. The lowest BCUT2D eigenvalue weighted by Gasteiger charge is -2.33. The molecule has 25 heavy (non-hydrogen) atoms. The highest BCUT2D eigenvalue weighted by molar-refractivity contribution is 5.77. The molecule has 1 aromatic carbocycles. The van der Waals surface area contributed by atoms with E-state index in [1.54, 1.807) is 24.3 Å². The van der Waals surface area contributed by atoms with Crippen LogP contribution in [0.1, 0.15) is 19.3 Å². The summed E-state index contributed by atoms with van der Waals surface area (Å²) in [5, 5.41) is 8.09. The molecule has 1 fully saturated rings. The van der Waals surface area contributed by atoms with Crippen molar-refractivity contribution in [1.29, 1.82) is 0 Å². The number of carbonyl (C=O) groups is 1. The number of amides is 1. The van der Waals surface area contributed by atoms with E-state index in [-0.39, 0.29) is 31.5 Å². The number of likely N-dealkylation sites (tertiary alicyclic amines) is 1. The van der Waals surface area contributed by atoms with Gasteiger partial charge in [0.05, 0.1) is 17.8 Å². The Labute approximate surface area is 141 Å². The molecule has 0 radical (unpaired) electrons. The minimum absolute atomic E-state index is 0.0112. The van der Waals surface area contributed by atoms with Gasteiger partial charge in [0.15, 0.2) is 0 Å². The van der Waals surface area contributed by atoms with Crippen molar-refractivity contribution >= 4 is 16.8 Å². The molecule has 1 aliphatic heterocycles. The topological polar surface area (TPSA) is 68.1 Å². The Bertz CT molecular complexity index is 834. The Morgan fingerprint density at radius 3 is 2.80 bits per heavy atom. The zero-order chi connectivity index (χ0) is 18.0. The number of aromatic nitrogens is 3. The van der Waals surface area contributed by atoms with Crippen LogP contribution >= 0.6 is 0 Å². The van der Waals surface area contributed by atoms with Gasteiger partial charge in [-0.2, -0.15) is 13.2 Å². The summed E-state index contributed by atoms with van der Waals surface area (Å²) in [7, 11) is 0. The van der Waals surface area contributed by atoms with Gasteiger partial charge < -0.3 is 4.90 Å². The minimum Gasteiger partial charge on any atom is -0.342 e. The van der Waals surface area contributed by atoms with Crippen LogP contribution in [-0.4, -0.2) is 45.1 Å². The molecule has 3 rings (SSSR count). The van der Waals surface area contributed by atoms with E-state index in [1.165, 1.54) is 4.90 Å². The maximum absolute atomic E-state index is 12.8. The SMILES string of the molecule is O=C(CCn1nnc2ccccc2c1=O)N1CCCC(C(F)(F)F)C1. The van der Waals surface area contributed by atoms with Crippen LogP contribution in [-0.2, 0) is 11.3 Å². The first-order valence-electron chi connectivity index (χ1n) is 8.03. The number of nitrogens with zero attached hydrogens (tertiary/aromatic N) is 4. The quantitative estimate of drug-likeness (QED) is 0.845. The predicted molar refractivity (Wildman–Crippen MR) is 83.8 cm³/mol. The highest BCUT2D eigenvalue weighted by Gasteiger charge is 2.42. The fourth-order valence-electron chi connectivity index (χ4n) is 3.00.